The molecule has 0 saturated carbocycles. The van der Waals surface area contributed by atoms with Crippen molar-refractivity contribution in [3.8, 4) is 0 Å². The summed E-state index contributed by atoms with van der Waals surface area (Å²) in [7, 11) is 0. The molecule has 0 aliphatic heterocycles. The Kier molecular flexibility index (Phi) is 55.7. The van der Waals surface area contributed by atoms with E-state index in [1.165, 1.54) is 212 Å². The third-order valence-electron chi connectivity index (χ3n) is 13.7. The van der Waals surface area contributed by atoms with Crippen molar-refractivity contribution in [2.75, 3.05) is 13.2 Å². The molecule has 0 radical (unpaired) electrons. The van der Waals surface area contributed by atoms with E-state index in [4.69, 9.17) is 14.2 Å². The number of hydrogen-bond donors (Lipinski definition) is 0. The van der Waals surface area contributed by atoms with Crippen molar-refractivity contribution in [3.05, 3.63) is 24.3 Å². The fourth-order valence-electron chi connectivity index (χ4n) is 9.11. The van der Waals surface area contributed by atoms with Gasteiger partial charge in [-0.25, -0.2) is 0 Å². The molecule has 6 heteroatoms. The second-order valence-corrected chi connectivity index (χ2v) is 20.6. The van der Waals surface area contributed by atoms with Crippen molar-refractivity contribution >= 4 is 17.9 Å². The first-order valence-corrected chi connectivity index (χ1v) is 30.3. The van der Waals surface area contributed by atoms with Crippen LogP contribution in [0.1, 0.15) is 335 Å². The second kappa shape index (κ2) is 57.5. The lowest BCUT2D eigenvalue weighted by Crippen LogP contribution is -2.30. The quantitative estimate of drug-likeness (QED) is 0.0262. The Morgan fingerprint density at radius 3 is 0.853 bits per heavy atom. The van der Waals surface area contributed by atoms with Crippen molar-refractivity contribution < 1.29 is 28.6 Å². The molecular formula is C62H116O6. The Balaban J connectivity index is 4.04. The molecule has 0 fully saturated rings. The molecule has 6 nitrogen and oxygen atoms in total. The molecule has 0 spiro atoms. The van der Waals surface area contributed by atoms with E-state index < -0.39 is 6.10 Å². The predicted octanol–water partition coefficient (Wildman–Crippen LogP) is 20.3. The Hall–Kier alpha value is -2.11. The lowest BCUT2D eigenvalue weighted by atomic mass is 10.0. The maximum atomic E-state index is 12.8. The highest BCUT2D eigenvalue weighted by molar-refractivity contribution is 5.71. The standard InChI is InChI=1S/C62H116O6/c1-4-7-10-13-16-19-21-23-25-26-27-28-29-30-31-32-33-34-35-36-37-38-40-41-43-46-49-52-55-61(64)67-58-59(57-66-60(63)54-51-48-45-18-15-12-9-6-3)68-62(65)56-53-50-47-44-42-39-24-22-20-17-14-11-8-5-2/h14,17,22,24,59H,4-13,15-16,18-21,23,25-58H2,1-3H3/b17-14-,24-22-. The lowest BCUT2D eigenvalue weighted by Gasteiger charge is -2.18. The number of rotatable bonds is 56. The molecule has 68 heavy (non-hydrogen) atoms. The molecule has 0 aliphatic rings. The van der Waals surface area contributed by atoms with Gasteiger partial charge >= 0.3 is 17.9 Å². The second-order valence-electron chi connectivity index (χ2n) is 20.6. The van der Waals surface area contributed by atoms with Crippen molar-refractivity contribution in [2.24, 2.45) is 0 Å². The van der Waals surface area contributed by atoms with Gasteiger partial charge in [-0.15, -0.1) is 0 Å². The first kappa shape index (κ1) is 65.9. The van der Waals surface area contributed by atoms with Crippen LogP contribution in [0.15, 0.2) is 24.3 Å². The molecule has 1 atom stereocenters. The van der Waals surface area contributed by atoms with E-state index in [0.29, 0.717) is 19.3 Å². The Morgan fingerprint density at radius 2 is 0.544 bits per heavy atom. The van der Waals surface area contributed by atoms with Gasteiger partial charge in [-0.2, -0.15) is 0 Å². The first-order chi connectivity index (χ1) is 33.5. The van der Waals surface area contributed by atoms with E-state index in [-0.39, 0.29) is 31.1 Å². The van der Waals surface area contributed by atoms with Crippen LogP contribution in [-0.4, -0.2) is 37.2 Å². The first-order valence-electron chi connectivity index (χ1n) is 30.3. The minimum absolute atomic E-state index is 0.0722. The molecule has 0 rings (SSSR count). The van der Waals surface area contributed by atoms with Crippen LogP contribution in [0.5, 0.6) is 0 Å². The summed E-state index contributed by atoms with van der Waals surface area (Å²) in [5.41, 5.74) is 0. The maximum absolute atomic E-state index is 12.8. The molecule has 0 aromatic rings. The third kappa shape index (κ3) is 54.8. The number of carbonyl (C=O) groups excluding carboxylic acids is 3. The van der Waals surface area contributed by atoms with Crippen LogP contribution in [0.2, 0.25) is 0 Å². The van der Waals surface area contributed by atoms with E-state index in [1.54, 1.807) is 0 Å². The summed E-state index contributed by atoms with van der Waals surface area (Å²) in [6.07, 6.45) is 67.8. The molecular weight excluding hydrogens is 841 g/mol. The van der Waals surface area contributed by atoms with Crippen LogP contribution < -0.4 is 0 Å². The predicted molar refractivity (Wildman–Crippen MR) is 293 cm³/mol. The number of carbonyl (C=O) groups is 3. The molecule has 0 aliphatic carbocycles. The van der Waals surface area contributed by atoms with E-state index in [1.807, 2.05) is 0 Å². The highest BCUT2D eigenvalue weighted by Crippen LogP contribution is 2.18. The highest BCUT2D eigenvalue weighted by atomic mass is 16.6. The molecule has 400 valence electrons. The van der Waals surface area contributed by atoms with Gasteiger partial charge in [0.25, 0.3) is 0 Å². The van der Waals surface area contributed by atoms with Crippen LogP contribution in [0, 0.1) is 0 Å². The van der Waals surface area contributed by atoms with Crippen LogP contribution in [-0.2, 0) is 28.6 Å². The molecule has 0 amide bonds. The summed E-state index contributed by atoms with van der Waals surface area (Å²) in [6, 6.07) is 0. The van der Waals surface area contributed by atoms with E-state index in [9.17, 15) is 14.4 Å². The zero-order valence-electron chi connectivity index (χ0n) is 45.9. The van der Waals surface area contributed by atoms with Crippen molar-refractivity contribution in [2.45, 2.75) is 341 Å². The molecule has 0 aromatic carbocycles. The SMILES string of the molecule is CCCC/C=C\C/C=C\CCCCCCCC(=O)OC(COC(=O)CCCCCCCCCC)COC(=O)CCCCCCCCCCCCCCCCCCCCCCCCCCCCCC. The van der Waals surface area contributed by atoms with Crippen LogP contribution in [0.3, 0.4) is 0 Å². The number of esters is 3. The van der Waals surface area contributed by atoms with Gasteiger partial charge in [-0.05, 0) is 44.9 Å². The summed E-state index contributed by atoms with van der Waals surface area (Å²) in [5, 5.41) is 0. The van der Waals surface area contributed by atoms with Crippen molar-refractivity contribution in [1.29, 1.82) is 0 Å². The van der Waals surface area contributed by atoms with Gasteiger partial charge in [-0.1, -0.05) is 295 Å². The maximum Gasteiger partial charge on any atom is 0.306 e. The third-order valence-corrected chi connectivity index (χ3v) is 13.7. The van der Waals surface area contributed by atoms with Gasteiger partial charge in [0.2, 0.25) is 0 Å². The van der Waals surface area contributed by atoms with Gasteiger partial charge < -0.3 is 14.2 Å². The van der Waals surface area contributed by atoms with Gasteiger partial charge in [0, 0.05) is 19.3 Å². The Morgan fingerprint density at radius 1 is 0.294 bits per heavy atom. The minimum Gasteiger partial charge on any atom is -0.462 e. The van der Waals surface area contributed by atoms with Crippen molar-refractivity contribution in [3.63, 3.8) is 0 Å². The zero-order valence-corrected chi connectivity index (χ0v) is 45.9. The van der Waals surface area contributed by atoms with E-state index >= 15 is 0 Å². The van der Waals surface area contributed by atoms with Gasteiger partial charge in [-0.3, -0.25) is 14.4 Å². The number of ether oxygens (including phenoxy) is 3. The average Bonchev–Trinajstić information content (AvgIpc) is 3.34. The van der Waals surface area contributed by atoms with Crippen LogP contribution in [0.25, 0.3) is 0 Å². The highest BCUT2D eigenvalue weighted by Gasteiger charge is 2.19. The minimum atomic E-state index is -0.772. The van der Waals surface area contributed by atoms with E-state index in [0.717, 1.165) is 83.5 Å². The summed E-state index contributed by atoms with van der Waals surface area (Å²) >= 11 is 0. The lowest BCUT2D eigenvalue weighted by molar-refractivity contribution is -0.167. The summed E-state index contributed by atoms with van der Waals surface area (Å²) < 4.78 is 16.8. The number of hydrogen-bond acceptors (Lipinski definition) is 6. The smallest absolute Gasteiger partial charge is 0.306 e. The fourth-order valence-corrected chi connectivity index (χ4v) is 9.11. The summed E-state index contributed by atoms with van der Waals surface area (Å²) in [4.78, 5) is 38.0. The summed E-state index contributed by atoms with van der Waals surface area (Å²) in [5.74, 6) is -0.872. The topological polar surface area (TPSA) is 78.9 Å². The zero-order chi connectivity index (χ0) is 49.3. The molecule has 0 bridgehead atoms. The van der Waals surface area contributed by atoms with Gasteiger partial charge in [0.05, 0.1) is 0 Å². The van der Waals surface area contributed by atoms with Gasteiger partial charge in [0.15, 0.2) is 6.10 Å². The number of allylic oxidation sites excluding steroid dienone is 4. The van der Waals surface area contributed by atoms with Crippen molar-refractivity contribution in [1.82, 2.24) is 0 Å². The normalized spacial score (nSPS) is 12.1. The Labute approximate surface area is 423 Å². The van der Waals surface area contributed by atoms with Crippen LogP contribution in [0.4, 0.5) is 0 Å². The fraction of sp³-hybridized carbons (Fsp3) is 0.887. The molecule has 0 N–H and O–H groups in total. The summed E-state index contributed by atoms with van der Waals surface area (Å²) in [6.45, 7) is 6.60. The molecule has 0 saturated heterocycles. The van der Waals surface area contributed by atoms with Crippen LogP contribution >= 0.6 is 0 Å². The molecule has 0 heterocycles. The number of unbranched alkanes of at least 4 members (excludes halogenated alkanes) is 41. The Bertz CT molecular complexity index is 1100. The molecule has 0 aromatic heterocycles. The van der Waals surface area contributed by atoms with E-state index in [2.05, 4.69) is 45.1 Å². The van der Waals surface area contributed by atoms with Gasteiger partial charge in [0.1, 0.15) is 13.2 Å². The molecule has 1 unspecified atom stereocenters. The largest absolute Gasteiger partial charge is 0.462 e. The average molecular weight is 958 g/mol. The monoisotopic (exact) mass is 957 g/mol.